The number of nitrogens with zero attached hydrogens (tertiary/aromatic N) is 2. The Morgan fingerprint density at radius 3 is 2.70 bits per heavy atom. The lowest BCUT2D eigenvalue weighted by molar-refractivity contribution is -0.0367. The van der Waals surface area contributed by atoms with Gasteiger partial charge in [0.05, 0.1) is 18.8 Å². The lowest BCUT2D eigenvalue weighted by Gasteiger charge is -2.34. The minimum atomic E-state index is 0.342. The van der Waals surface area contributed by atoms with Crippen LogP contribution in [0.2, 0.25) is 0 Å². The second-order valence-electron chi connectivity index (χ2n) is 7.12. The van der Waals surface area contributed by atoms with Crippen LogP contribution in [0.5, 0.6) is 0 Å². The van der Waals surface area contributed by atoms with Crippen molar-refractivity contribution < 1.29 is 9.47 Å². The molecule has 0 bridgehead atoms. The van der Waals surface area contributed by atoms with E-state index >= 15 is 0 Å². The first-order chi connectivity index (χ1) is 11.3. The minimum Gasteiger partial charge on any atom is -0.376 e. The number of nitrogens with one attached hydrogen (secondary N) is 1. The summed E-state index contributed by atoms with van der Waals surface area (Å²) in [7, 11) is 0. The molecular formula is C18H33N3O2. The zero-order chi connectivity index (χ0) is 15.9. The molecule has 0 amide bonds. The van der Waals surface area contributed by atoms with Crippen LogP contribution in [0, 0.1) is 5.92 Å². The van der Waals surface area contributed by atoms with Gasteiger partial charge < -0.3 is 19.7 Å². The summed E-state index contributed by atoms with van der Waals surface area (Å²) in [6, 6.07) is 0. The van der Waals surface area contributed by atoms with E-state index in [0.29, 0.717) is 12.2 Å². The maximum Gasteiger partial charge on any atom is 0.193 e. The Morgan fingerprint density at radius 2 is 2.04 bits per heavy atom. The van der Waals surface area contributed by atoms with Crippen molar-refractivity contribution in [2.75, 3.05) is 39.4 Å². The van der Waals surface area contributed by atoms with Crippen molar-refractivity contribution >= 4 is 5.96 Å². The largest absolute Gasteiger partial charge is 0.376 e. The lowest BCUT2D eigenvalue weighted by Crippen LogP contribution is -2.47. The molecule has 0 spiro atoms. The van der Waals surface area contributed by atoms with Gasteiger partial charge in [0.1, 0.15) is 0 Å². The van der Waals surface area contributed by atoms with Crippen molar-refractivity contribution in [2.45, 2.75) is 64.1 Å². The fourth-order valence-corrected chi connectivity index (χ4v) is 3.44. The Bertz CT molecular complexity index is 370. The topological polar surface area (TPSA) is 46.1 Å². The van der Waals surface area contributed by atoms with Crippen LogP contribution in [-0.2, 0) is 9.47 Å². The molecule has 1 saturated carbocycles. The van der Waals surface area contributed by atoms with Gasteiger partial charge in [-0.3, -0.25) is 4.99 Å². The van der Waals surface area contributed by atoms with Crippen LogP contribution in [0.1, 0.15) is 51.9 Å². The van der Waals surface area contributed by atoms with Crippen molar-refractivity contribution in [3.63, 3.8) is 0 Å². The molecule has 3 rings (SSSR count). The van der Waals surface area contributed by atoms with E-state index < -0.39 is 0 Å². The Morgan fingerprint density at radius 1 is 1.22 bits per heavy atom. The average molecular weight is 323 g/mol. The smallest absolute Gasteiger partial charge is 0.193 e. The van der Waals surface area contributed by atoms with Crippen LogP contribution in [0.25, 0.3) is 0 Å². The molecule has 132 valence electrons. The van der Waals surface area contributed by atoms with Crippen molar-refractivity contribution in [2.24, 2.45) is 10.9 Å². The third kappa shape index (κ3) is 5.64. The monoisotopic (exact) mass is 323 g/mol. The molecule has 3 aliphatic rings. The van der Waals surface area contributed by atoms with Crippen LogP contribution in [0.4, 0.5) is 0 Å². The van der Waals surface area contributed by atoms with Gasteiger partial charge in [-0.05, 0) is 44.9 Å². The van der Waals surface area contributed by atoms with Gasteiger partial charge in [-0.2, -0.15) is 0 Å². The molecule has 1 aliphatic carbocycles. The molecule has 0 aromatic rings. The maximum atomic E-state index is 6.06. The number of aliphatic imine (C=N–C) groups is 1. The Kier molecular flexibility index (Phi) is 6.57. The first-order valence-electron chi connectivity index (χ1n) is 9.61. The number of piperidine rings is 1. The summed E-state index contributed by atoms with van der Waals surface area (Å²) in [5.74, 6) is 2.06. The van der Waals surface area contributed by atoms with Gasteiger partial charge in [0, 0.05) is 32.8 Å². The highest BCUT2D eigenvalue weighted by Gasteiger charge is 2.24. The molecule has 0 aromatic heterocycles. The molecule has 2 aliphatic heterocycles. The number of rotatable bonds is 7. The van der Waals surface area contributed by atoms with Crippen molar-refractivity contribution in [1.29, 1.82) is 0 Å². The summed E-state index contributed by atoms with van der Waals surface area (Å²) in [5, 5.41) is 3.45. The van der Waals surface area contributed by atoms with Gasteiger partial charge in [-0.1, -0.05) is 12.8 Å². The number of hydrogen-bond donors (Lipinski definition) is 1. The summed E-state index contributed by atoms with van der Waals surface area (Å²) in [6.45, 7) is 7.85. The molecule has 1 N–H and O–H groups in total. The quantitative estimate of drug-likeness (QED) is 0.577. The maximum absolute atomic E-state index is 6.06. The number of ether oxygens (including phenoxy) is 2. The van der Waals surface area contributed by atoms with Crippen molar-refractivity contribution in [3.8, 4) is 0 Å². The Labute approximate surface area is 140 Å². The molecule has 1 unspecified atom stereocenters. The third-order valence-electron chi connectivity index (χ3n) is 5.11. The number of hydrogen-bond acceptors (Lipinski definition) is 3. The van der Waals surface area contributed by atoms with E-state index in [1.54, 1.807) is 0 Å². The highest BCUT2D eigenvalue weighted by Crippen LogP contribution is 2.32. The molecule has 1 atom stereocenters. The van der Waals surface area contributed by atoms with Crippen LogP contribution in [0.15, 0.2) is 4.99 Å². The van der Waals surface area contributed by atoms with Crippen molar-refractivity contribution in [3.05, 3.63) is 0 Å². The Balaban J connectivity index is 1.38. The molecule has 23 heavy (non-hydrogen) atoms. The number of guanidine groups is 1. The fraction of sp³-hybridized carbons (Fsp3) is 0.944. The van der Waals surface area contributed by atoms with E-state index in [1.165, 1.54) is 25.7 Å². The molecule has 5 heteroatoms. The van der Waals surface area contributed by atoms with E-state index in [4.69, 9.17) is 14.5 Å². The van der Waals surface area contributed by atoms with Crippen LogP contribution in [-0.4, -0.2) is 62.5 Å². The second kappa shape index (κ2) is 8.88. The molecular weight excluding hydrogens is 290 g/mol. The minimum absolute atomic E-state index is 0.342. The van der Waals surface area contributed by atoms with Crippen LogP contribution in [0.3, 0.4) is 0 Å². The van der Waals surface area contributed by atoms with Crippen LogP contribution >= 0.6 is 0 Å². The van der Waals surface area contributed by atoms with E-state index in [9.17, 15) is 0 Å². The standard InChI is InChI=1S/C18H33N3O2/c1-2-19-18(20-10-7-15-5-6-15)21-11-8-16(9-12-21)23-14-17-4-3-13-22-17/h15-17H,2-14H2,1H3,(H,19,20). The highest BCUT2D eigenvalue weighted by molar-refractivity contribution is 5.80. The van der Waals surface area contributed by atoms with Gasteiger partial charge in [0.25, 0.3) is 0 Å². The van der Waals surface area contributed by atoms with Crippen LogP contribution < -0.4 is 5.32 Å². The predicted molar refractivity (Wildman–Crippen MR) is 92.8 cm³/mol. The molecule has 2 heterocycles. The van der Waals surface area contributed by atoms with E-state index in [0.717, 1.165) is 70.5 Å². The Hall–Kier alpha value is -0.810. The second-order valence-corrected chi connectivity index (χ2v) is 7.12. The molecule has 0 radical (unpaired) electrons. The third-order valence-corrected chi connectivity index (χ3v) is 5.11. The predicted octanol–water partition coefficient (Wildman–Crippen LogP) is 2.41. The van der Waals surface area contributed by atoms with E-state index in [2.05, 4.69) is 17.1 Å². The van der Waals surface area contributed by atoms with Crippen molar-refractivity contribution in [1.82, 2.24) is 10.2 Å². The summed E-state index contributed by atoms with van der Waals surface area (Å²) in [4.78, 5) is 7.23. The summed E-state index contributed by atoms with van der Waals surface area (Å²) < 4.78 is 11.7. The zero-order valence-corrected chi connectivity index (χ0v) is 14.6. The van der Waals surface area contributed by atoms with E-state index in [-0.39, 0.29) is 0 Å². The number of likely N-dealkylation sites (tertiary alicyclic amines) is 1. The van der Waals surface area contributed by atoms with Gasteiger partial charge in [0.15, 0.2) is 5.96 Å². The summed E-state index contributed by atoms with van der Waals surface area (Å²) in [6.07, 6.45) is 9.38. The molecule has 2 saturated heterocycles. The van der Waals surface area contributed by atoms with Gasteiger partial charge in [-0.15, -0.1) is 0 Å². The lowest BCUT2D eigenvalue weighted by atomic mass is 10.1. The van der Waals surface area contributed by atoms with Gasteiger partial charge >= 0.3 is 0 Å². The SMILES string of the molecule is CCNC(=NCCC1CC1)N1CCC(OCC2CCCO2)CC1. The van der Waals surface area contributed by atoms with Gasteiger partial charge in [-0.25, -0.2) is 0 Å². The van der Waals surface area contributed by atoms with E-state index in [1.807, 2.05) is 0 Å². The average Bonchev–Trinajstić information content (AvgIpc) is 3.25. The summed E-state index contributed by atoms with van der Waals surface area (Å²) in [5.41, 5.74) is 0. The first kappa shape index (κ1) is 17.0. The summed E-state index contributed by atoms with van der Waals surface area (Å²) >= 11 is 0. The molecule has 5 nitrogen and oxygen atoms in total. The first-order valence-corrected chi connectivity index (χ1v) is 9.61. The molecule has 0 aromatic carbocycles. The zero-order valence-electron chi connectivity index (χ0n) is 14.6. The molecule has 3 fully saturated rings. The highest BCUT2D eigenvalue weighted by atomic mass is 16.5. The fourth-order valence-electron chi connectivity index (χ4n) is 3.44. The normalized spacial score (nSPS) is 26.7. The van der Waals surface area contributed by atoms with Gasteiger partial charge in [0.2, 0.25) is 0 Å².